The average Bonchev–Trinajstić information content (AvgIpc) is 3.42. The summed E-state index contributed by atoms with van der Waals surface area (Å²) in [6.07, 6.45) is 2.08. The Labute approximate surface area is 193 Å². The fourth-order valence-corrected chi connectivity index (χ4v) is 17.2. The van der Waals surface area contributed by atoms with Crippen LogP contribution in [0.3, 0.4) is 0 Å². The maximum absolute atomic E-state index is 13.0. The van der Waals surface area contributed by atoms with E-state index in [1.165, 1.54) is 9.13 Å². The van der Waals surface area contributed by atoms with Crippen LogP contribution in [0.2, 0.25) is 51.9 Å². The first-order valence-electron chi connectivity index (χ1n) is 11.6. The SMILES string of the molecule is CCCCn1c(=O)n(CCC[Si](C)(C)O[Si](C)(C)O[Si](C)(C)C)c(=O)n(CC2CO2)c1=O. The zero-order valence-corrected chi connectivity index (χ0v) is 24.0. The quantitative estimate of drug-likeness (QED) is 0.303. The minimum atomic E-state index is -2.25. The van der Waals surface area contributed by atoms with E-state index >= 15 is 0 Å². The molecule has 2 rings (SSSR count). The van der Waals surface area contributed by atoms with E-state index in [2.05, 4.69) is 45.8 Å². The lowest BCUT2D eigenvalue weighted by Crippen LogP contribution is -2.55. The van der Waals surface area contributed by atoms with Gasteiger partial charge >= 0.3 is 25.6 Å². The van der Waals surface area contributed by atoms with Crippen LogP contribution in [0.5, 0.6) is 0 Å². The van der Waals surface area contributed by atoms with Gasteiger partial charge in [0.05, 0.1) is 19.3 Å². The van der Waals surface area contributed by atoms with Crippen molar-refractivity contribution in [3.8, 4) is 0 Å². The number of aromatic nitrogens is 3. The highest BCUT2D eigenvalue weighted by molar-refractivity contribution is 6.87. The molecule has 9 nitrogen and oxygen atoms in total. The Kier molecular flexibility index (Phi) is 8.90. The summed E-state index contributed by atoms with van der Waals surface area (Å²) in [5.41, 5.74) is -1.59. The second-order valence-electron chi connectivity index (χ2n) is 10.7. The number of rotatable bonds is 13. The Hall–Kier alpha value is -1.06. The van der Waals surface area contributed by atoms with Crippen LogP contribution in [0.15, 0.2) is 14.4 Å². The second kappa shape index (κ2) is 10.5. The van der Waals surface area contributed by atoms with Crippen molar-refractivity contribution >= 4 is 25.2 Å². The molecular formula is C20H41N3O6Si3. The van der Waals surface area contributed by atoms with Gasteiger partial charge in [0.1, 0.15) is 0 Å². The molecule has 1 saturated heterocycles. The van der Waals surface area contributed by atoms with E-state index in [1.807, 2.05) is 6.92 Å². The fourth-order valence-electron chi connectivity index (χ4n) is 4.05. The van der Waals surface area contributed by atoms with E-state index in [0.29, 0.717) is 26.0 Å². The van der Waals surface area contributed by atoms with Gasteiger partial charge in [-0.2, -0.15) is 0 Å². The van der Waals surface area contributed by atoms with Gasteiger partial charge in [0.15, 0.2) is 16.6 Å². The molecule has 2 heterocycles. The van der Waals surface area contributed by atoms with Crippen LogP contribution in [0.1, 0.15) is 26.2 Å². The van der Waals surface area contributed by atoms with Crippen molar-refractivity contribution in [3.05, 3.63) is 31.5 Å². The molecule has 184 valence electrons. The molecule has 0 bridgehead atoms. The third-order valence-corrected chi connectivity index (χ3v) is 15.3. The molecule has 1 atom stereocenters. The van der Waals surface area contributed by atoms with Crippen molar-refractivity contribution in [2.24, 2.45) is 0 Å². The highest BCUT2D eigenvalue weighted by Crippen LogP contribution is 2.23. The summed E-state index contributed by atoms with van der Waals surface area (Å²) in [6.45, 7) is 18.3. The van der Waals surface area contributed by atoms with Gasteiger partial charge in [-0.05, 0) is 64.7 Å². The highest BCUT2D eigenvalue weighted by atomic mass is 28.5. The van der Waals surface area contributed by atoms with Gasteiger partial charge in [-0.3, -0.25) is 0 Å². The first-order chi connectivity index (χ1) is 14.7. The molecule has 1 fully saturated rings. The van der Waals surface area contributed by atoms with Crippen molar-refractivity contribution in [1.29, 1.82) is 0 Å². The number of hydrogen-bond donors (Lipinski definition) is 0. The topological polar surface area (TPSA) is 97.0 Å². The minimum absolute atomic E-state index is 0.121. The standard InChI is InChI=1S/C20H41N3O6Si3/c1-9-10-12-21-18(24)22(20(26)23(19(21)25)15-17-16-27-17)13-11-14-31(5,6)29-32(7,8)28-30(2,3)4/h17H,9-16H2,1-8H3. The molecule has 0 aliphatic carbocycles. The van der Waals surface area contributed by atoms with E-state index in [9.17, 15) is 14.4 Å². The molecule has 0 N–H and O–H groups in total. The van der Waals surface area contributed by atoms with Crippen LogP contribution in [0.25, 0.3) is 0 Å². The van der Waals surface area contributed by atoms with Gasteiger partial charge in [-0.1, -0.05) is 13.3 Å². The lowest BCUT2D eigenvalue weighted by atomic mass is 10.3. The van der Waals surface area contributed by atoms with Crippen LogP contribution in [0.4, 0.5) is 0 Å². The second-order valence-corrected chi connectivity index (χ2v) is 23.3. The molecular weight excluding hydrogens is 462 g/mol. The van der Waals surface area contributed by atoms with Crippen molar-refractivity contribution < 1.29 is 13.0 Å². The minimum Gasteiger partial charge on any atom is -0.437 e. The van der Waals surface area contributed by atoms with Crippen LogP contribution < -0.4 is 17.1 Å². The van der Waals surface area contributed by atoms with Gasteiger partial charge in [0, 0.05) is 13.1 Å². The summed E-state index contributed by atoms with van der Waals surface area (Å²) >= 11 is 0. The van der Waals surface area contributed by atoms with Crippen molar-refractivity contribution in [3.63, 3.8) is 0 Å². The number of unbranched alkanes of at least 4 members (excludes halogenated alkanes) is 1. The Morgan fingerprint density at radius 3 is 1.81 bits per heavy atom. The lowest BCUT2D eigenvalue weighted by Gasteiger charge is -2.37. The van der Waals surface area contributed by atoms with Gasteiger partial charge in [-0.25, -0.2) is 28.1 Å². The summed E-state index contributed by atoms with van der Waals surface area (Å²) in [4.78, 5) is 38.7. The molecule has 0 radical (unpaired) electrons. The van der Waals surface area contributed by atoms with Crippen molar-refractivity contribution in [1.82, 2.24) is 13.7 Å². The number of ether oxygens (including phenoxy) is 1. The first kappa shape index (κ1) is 27.2. The zero-order chi connectivity index (χ0) is 24.3. The van der Waals surface area contributed by atoms with E-state index in [1.54, 1.807) is 0 Å². The highest BCUT2D eigenvalue weighted by Gasteiger charge is 2.37. The Morgan fingerprint density at radius 2 is 1.34 bits per heavy atom. The monoisotopic (exact) mass is 503 g/mol. The Morgan fingerprint density at radius 1 is 0.844 bits per heavy atom. The predicted molar refractivity (Wildman–Crippen MR) is 134 cm³/mol. The van der Waals surface area contributed by atoms with Crippen LogP contribution >= 0.6 is 0 Å². The van der Waals surface area contributed by atoms with Gasteiger partial charge in [0.2, 0.25) is 0 Å². The molecule has 32 heavy (non-hydrogen) atoms. The molecule has 12 heteroatoms. The molecule has 1 unspecified atom stereocenters. The van der Waals surface area contributed by atoms with Gasteiger partial charge in [-0.15, -0.1) is 0 Å². The van der Waals surface area contributed by atoms with Crippen LogP contribution in [-0.2, 0) is 32.6 Å². The average molecular weight is 504 g/mol. The number of nitrogens with zero attached hydrogens (tertiary/aromatic N) is 3. The first-order valence-corrected chi connectivity index (χ1v) is 21.0. The van der Waals surface area contributed by atoms with Crippen molar-refractivity contribution in [2.45, 2.75) is 104 Å². The largest absolute Gasteiger partial charge is 0.437 e. The molecule has 0 spiro atoms. The molecule has 1 aliphatic rings. The summed E-state index contributed by atoms with van der Waals surface area (Å²) in [7, 11) is -6.01. The summed E-state index contributed by atoms with van der Waals surface area (Å²) in [5.74, 6) is 0. The maximum atomic E-state index is 13.0. The lowest BCUT2D eigenvalue weighted by molar-refractivity contribution is 0.356. The van der Waals surface area contributed by atoms with Gasteiger partial charge < -0.3 is 13.0 Å². The third kappa shape index (κ3) is 8.06. The third-order valence-electron chi connectivity index (χ3n) is 5.14. The normalized spacial score (nSPS) is 17.1. The fraction of sp³-hybridized carbons (Fsp3) is 0.850. The van der Waals surface area contributed by atoms with Crippen molar-refractivity contribution in [2.75, 3.05) is 6.61 Å². The number of hydrogen-bond acceptors (Lipinski definition) is 6. The van der Waals surface area contributed by atoms with Crippen LogP contribution in [-0.4, -0.2) is 51.6 Å². The predicted octanol–water partition coefficient (Wildman–Crippen LogP) is 2.54. The van der Waals surface area contributed by atoms with Gasteiger partial charge in [0.25, 0.3) is 0 Å². The maximum Gasteiger partial charge on any atom is 0.336 e. The molecule has 0 saturated carbocycles. The smallest absolute Gasteiger partial charge is 0.336 e. The molecule has 1 aromatic heterocycles. The molecule has 0 amide bonds. The summed E-state index contributed by atoms with van der Waals surface area (Å²) in [5, 5.41) is 0. The van der Waals surface area contributed by atoms with E-state index < -0.39 is 42.3 Å². The molecule has 1 aliphatic heterocycles. The molecule has 1 aromatic rings. The number of epoxide rings is 1. The Balaban J connectivity index is 2.18. The summed E-state index contributed by atoms with van der Waals surface area (Å²) < 4.78 is 21.6. The summed E-state index contributed by atoms with van der Waals surface area (Å²) in [6, 6.07) is 0.796. The van der Waals surface area contributed by atoms with E-state index in [-0.39, 0.29) is 19.2 Å². The Bertz CT molecular complexity index is 957. The van der Waals surface area contributed by atoms with E-state index in [4.69, 9.17) is 13.0 Å². The zero-order valence-electron chi connectivity index (χ0n) is 21.0. The van der Waals surface area contributed by atoms with E-state index in [0.717, 1.165) is 17.0 Å². The van der Waals surface area contributed by atoms with Crippen LogP contribution in [0, 0.1) is 0 Å². The molecule has 0 aromatic carbocycles.